The van der Waals surface area contributed by atoms with Crippen molar-refractivity contribution in [2.45, 2.75) is 19.7 Å². The van der Waals surface area contributed by atoms with Crippen LogP contribution in [0.2, 0.25) is 0 Å². The van der Waals surface area contributed by atoms with Crippen LogP contribution in [0.3, 0.4) is 0 Å². The summed E-state index contributed by atoms with van der Waals surface area (Å²) in [6, 6.07) is 4.55. The Morgan fingerprint density at radius 1 is 1.62 bits per heavy atom. The van der Waals surface area contributed by atoms with Gasteiger partial charge in [-0.25, -0.2) is 0 Å². The first-order valence-electron chi connectivity index (χ1n) is 4.83. The van der Waals surface area contributed by atoms with E-state index in [9.17, 15) is 10.1 Å². The van der Waals surface area contributed by atoms with Crippen molar-refractivity contribution < 1.29 is 9.66 Å². The number of nitrogens with two attached hydrogens (primary N) is 1. The molecular weight excluding hydrogens is 210 g/mol. The Morgan fingerprint density at radius 3 is 2.81 bits per heavy atom. The van der Waals surface area contributed by atoms with Crippen LogP contribution in [-0.2, 0) is 11.3 Å². The van der Waals surface area contributed by atoms with Gasteiger partial charge in [0.1, 0.15) is 0 Å². The molecule has 0 bridgehead atoms. The van der Waals surface area contributed by atoms with Gasteiger partial charge in [-0.2, -0.15) is 0 Å². The molecule has 0 aromatic heterocycles. The van der Waals surface area contributed by atoms with Crippen LogP contribution >= 0.6 is 0 Å². The molecule has 0 aliphatic heterocycles. The summed E-state index contributed by atoms with van der Waals surface area (Å²) >= 11 is 0. The van der Waals surface area contributed by atoms with Gasteiger partial charge in [0.05, 0.1) is 17.7 Å². The van der Waals surface area contributed by atoms with E-state index >= 15 is 0 Å². The van der Waals surface area contributed by atoms with E-state index in [0.717, 1.165) is 5.69 Å². The number of non-ortho nitro benzene ring substituents is 1. The number of rotatable bonds is 5. The Bertz CT molecular complexity index is 380. The number of hydrogen-bond donors (Lipinski definition) is 2. The average Bonchev–Trinajstić information content (AvgIpc) is 2.20. The second-order valence-corrected chi connectivity index (χ2v) is 3.46. The molecule has 0 fully saturated rings. The van der Waals surface area contributed by atoms with Gasteiger partial charge in [0.2, 0.25) is 0 Å². The number of nitrogens with zero attached hydrogens (tertiary/aromatic N) is 1. The van der Waals surface area contributed by atoms with E-state index in [1.807, 2.05) is 0 Å². The predicted octanol–water partition coefficient (Wildman–Crippen LogP) is 1.46. The first-order chi connectivity index (χ1) is 7.54. The molecule has 0 amide bonds. The molecule has 0 heterocycles. The van der Waals surface area contributed by atoms with E-state index in [-0.39, 0.29) is 11.9 Å². The van der Waals surface area contributed by atoms with Gasteiger partial charge in [-0.1, -0.05) is 0 Å². The van der Waals surface area contributed by atoms with Crippen LogP contribution in [0.4, 0.5) is 11.4 Å². The van der Waals surface area contributed by atoms with Crippen LogP contribution < -0.4 is 11.1 Å². The number of ether oxygens (including phenoxy) is 1. The van der Waals surface area contributed by atoms with E-state index in [1.54, 1.807) is 13.0 Å². The molecule has 1 rings (SSSR count). The molecule has 1 aromatic carbocycles. The lowest BCUT2D eigenvalue weighted by Gasteiger charge is -2.14. The normalized spacial score (nSPS) is 12.2. The minimum atomic E-state index is -0.436. The molecule has 1 unspecified atom stereocenters. The number of nitro groups is 1. The molecule has 1 atom stereocenters. The van der Waals surface area contributed by atoms with Crippen LogP contribution in [-0.4, -0.2) is 18.2 Å². The minimum absolute atomic E-state index is 0.0438. The zero-order chi connectivity index (χ0) is 12.1. The summed E-state index contributed by atoms with van der Waals surface area (Å²) in [5.74, 6) is 0. The van der Waals surface area contributed by atoms with Crippen LogP contribution in [0.1, 0.15) is 12.5 Å². The fourth-order valence-corrected chi connectivity index (χ4v) is 1.35. The summed E-state index contributed by atoms with van der Waals surface area (Å²) in [6.45, 7) is 2.09. The van der Waals surface area contributed by atoms with Gasteiger partial charge in [-0.15, -0.1) is 0 Å². The Hall–Kier alpha value is -1.66. The van der Waals surface area contributed by atoms with Gasteiger partial charge in [0.25, 0.3) is 5.69 Å². The highest BCUT2D eigenvalue weighted by Crippen LogP contribution is 2.23. The van der Waals surface area contributed by atoms with Crippen molar-refractivity contribution in [1.82, 2.24) is 0 Å². The van der Waals surface area contributed by atoms with Crippen molar-refractivity contribution in [2.75, 3.05) is 12.4 Å². The van der Waals surface area contributed by atoms with Gasteiger partial charge in [-0.05, 0) is 13.0 Å². The number of nitro benzene ring substituents is 1. The molecule has 0 aliphatic carbocycles. The van der Waals surface area contributed by atoms with Crippen LogP contribution in [0.5, 0.6) is 0 Å². The first kappa shape index (κ1) is 12.4. The zero-order valence-corrected chi connectivity index (χ0v) is 9.27. The van der Waals surface area contributed by atoms with E-state index in [1.165, 1.54) is 19.2 Å². The molecule has 0 saturated heterocycles. The second kappa shape index (κ2) is 5.43. The largest absolute Gasteiger partial charge is 0.380 e. The highest BCUT2D eigenvalue weighted by atomic mass is 16.6. The highest BCUT2D eigenvalue weighted by Gasteiger charge is 2.11. The van der Waals surface area contributed by atoms with E-state index in [4.69, 9.17) is 10.5 Å². The average molecular weight is 225 g/mol. The Kier molecular flexibility index (Phi) is 4.21. The number of benzene rings is 1. The molecule has 0 radical (unpaired) electrons. The predicted molar refractivity (Wildman–Crippen MR) is 61.1 cm³/mol. The van der Waals surface area contributed by atoms with Crippen molar-refractivity contribution >= 4 is 11.4 Å². The fraction of sp³-hybridized carbons (Fsp3) is 0.400. The monoisotopic (exact) mass is 225 g/mol. The summed E-state index contributed by atoms with van der Waals surface area (Å²) in [5, 5.41) is 13.6. The van der Waals surface area contributed by atoms with E-state index in [0.29, 0.717) is 12.2 Å². The SMILES string of the molecule is COCc1cc([N+](=O)[O-])ccc1NC(C)N. The second-order valence-electron chi connectivity index (χ2n) is 3.46. The van der Waals surface area contributed by atoms with Crippen molar-refractivity contribution in [2.24, 2.45) is 5.73 Å². The third-order valence-corrected chi connectivity index (χ3v) is 1.98. The number of hydrogen-bond acceptors (Lipinski definition) is 5. The molecule has 1 aromatic rings. The lowest BCUT2D eigenvalue weighted by Crippen LogP contribution is -2.25. The van der Waals surface area contributed by atoms with Gasteiger partial charge in [0.15, 0.2) is 0 Å². The third kappa shape index (κ3) is 3.18. The Morgan fingerprint density at radius 2 is 2.31 bits per heavy atom. The summed E-state index contributed by atoms with van der Waals surface area (Å²) in [6.07, 6.45) is -0.225. The number of anilines is 1. The molecule has 6 heteroatoms. The Balaban J connectivity index is 3.03. The lowest BCUT2D eigenvalue weighted by molar-refractivity contribution is -0.384. The molecule has 0 saturated carbocycles. The maximum Gasteiger partial charge on any atom is 0.269 e. The molecule has 6 nitrogen and oxygen atoms in total. The topological polar surface area (TPSA) is 90.4 Å². The van der Waals surface area contributed by atoms with Crippen LogP contribution in [0, 0.1) is 10.1 Å². The van der Waals surface area contributed by atoms with Gasteiger partial charge >= 0.3 is 0 Å². The lowest BCUT2D eigenvalue weighted by atomic mass is 10.1. The molecule has 0 spiro atoms. The van der Waals surface area contributed by atoms with Crippen LogP contribution in [0.25, 0.3) is 0 Å². The molecule has 3 N–H and O–H groups in total. The maximum atomic E-state index is 10.6. The Labute approximate surface area is 93.5 Å². The van der Waals surface area contributed by atoms with E-state index < -0.39 is 4.92 Å². The van der Waals surface area contributed by atoms with Gasteiger partial charge in [0, 0.05) is 30.5 Å². The van der Waals surface area contributed by atoms with Crippen molar-refractivity contribution in [3.63, 3.8) is 0 Å². The first-order valence-corrected chi connectivity index (χ1v) is 4.83. The summed E-state index contributed by atoms with van der Waals surface area (Å²) in [4.78, 5) is 10.2. The summed E-state index contributed by atoms with van der Waals surface area (Å²) in [5.41, 5.74) is 7.11. The summed E-state index contributed by atoms with van der Waals surface area (Å²) < 4.78 is 4.98. The number of nitrogens with one attached hydrogen (secondary N) is 1. The van der Waals surface area contributed by atoms with E-state index in [2.05, 4.69) is 5.32 Å². The van der Waals surface area contributed by atoms with Gasteiger partial charge < -0.3 is 15.8 Å². The molecule has 16 heavy (non-hydrogen) atoms. The zero-order valence-electron chi connectivity index (χ0n) is 9.27. The van der Waals surface area contributed by atoms with Crippen molar-refractivity contribution in [3.8, 4) is 0 Å². The van der Waals surface area contributed by atoms with Crippen molar-refractivity contribution in [1.29, 1.82) is 0 Å². The number of methoxy groups -OCH3 is 1. The van der Waals surface area contributed by atoms with Crippen LogP contribution in [0.15, 0.2) is 18.2 Å². The standard InChI is InChI=1S/C10H15N3O3/c1-7(11)12-10-4-3-9(13(14)15)5-8(10)6-16-2/h3-5,7,12H,6,11H2,1-2H3. The molecule has 88 valence electrons. The fourth-order valence-electron chi connectivity index (χ4n) is 1.35. The smallest absolute Gasteiger partial charge is 0.269 e. The summed E-state index contributed by atoms with van der Waals surface area (Å²) in [7, 11) is 1.54. The quantitative estimate of drug-likeness (QED) is 0.449. The molecule has 0 aliphatic rings. The third-order valence-electron chi connectivity index (χ3n) is 1.98. The highest BCUT2D eigenvalue weighted by molar-refractivity contribution is 5.56. The maximum absolute atomic E-state index is 10.6. The van der Waals surface area contributed by atoms with Crippen molar-refractivity contribution in [3.05, 3.63) is 33.9 Å². The molecular formula is C10H15N3O3. The minimum Gasteiger partial charge on any atom is -0.380 e. The van der Waals surface area contributed by atoms with Gasteiger partial charge in [-0.3, -0.25) is 10.1 Å².